The summed E-state index contributed by atoms with van der Waals surface area (Å²) < 4.78 is 0. The van der Waals surface area contributed by atoms with Crippen LogP contribution in [0.5, 0.6) is 0 Å². The largest absolute Gasteiger partial charge is 0.385 e. The molecule has 0 saturated heterocycles. The number of nitrogens with one attached hydrogen (secondary N) is 1. The molecule has 1 heteroatoms. The first-order chi connectivity index (χ1) is 7.43. The van der Waals surface area contributed by atoms with Crippen molar-refractivity contribution in [1.82, 2.24) is 0 Å². The summed E-state index contributed by atoms with van der Waals surface area (Å²) in [5, 5.41) is 3.62. The molecule has 2 aliphatic carbocycles. The number of benzene rings is 1. The van der Waals surface area contributed by atoms with Crippen molar-refractivity contribution in [2.24, 2.45) is 17.8 Å². The minimum absolute atomic E-state index is 0.890. The maximum Gasteiger partial charge on any atom is 0.0375 e. The van der Waals surface area contributed by atoms with Crippen molar-refractivity contribution in [1.29, 1.82) is 0 Å². The molecule has 1 nitrogen and oxygen atoms in total. The summed E-state index contributed by atoms with van der Waals surface area (Å²) in [4.78, 5) is 0. The summed E-state index contributed by atoms with van der Waals surface area (Å²) in [6, 6.07) is 8.95. The lowest BCUT2D eigenvalue weighted by Crippen LogP contribution is -2.31. The Morgan fingerprint density at radius 2 is 1.93 bits per heavy atom. The van der Waals surface area contributed by atoms with Crippen molar-refractivity contribution in [3.8, 4) is 0 Å². The molecule has 2 fully saturated rings. The van der Waals surface area contributed by atoms with Crippen LogP contribution in [0.25, 0.3) is 0 Å². The second-order valence-electron chi connectivity index (χ2n) is 5.49. The van der Waals surface area contributed by atoms with E-state index in [2.05, 4.69) is 29.6 Å². The quantitative estimate of drug-likeness (QED) is 0.676. The number of hydrogen-bond donors (Lipinski definition) is 1. The van der Waals surface area contributed by atoms with E-state index in [1.165, 1.54) is 31.5 Å². The lowest BCUT2D eigenvalue weighted by atomic mass is 9.73. The lowest BCUT2D eigenvalue weighted by Gasteiger charge is -2.37. The summed E-state index contributed by atoms with van der Waals surface area (Å²) in [7, 11) is 0. The van der Waals surface area contributed by atoms with Gasteiger partial charge in [0.05, 0.1) is 0 Å². The van der Waals surface area contributed by atoms with Gasteiger partial charge < -0.3 is 5.32 Å². The molecule has 2 bridgehead atoms. The maximum absolute atomic E-state index is 3.62. The zero-order chi connectivity index (χ0) is 9.83. The van der Waals surface area contributed by atoms with Gasteiger partial charge in [-0.3, -0.25) is 0 Å². The molecule has 0 spiro atoms. The first-order valence-electron chi connectivity index (χ1n) is 6.26. The second kappa shape index (κ2) is 2.78. The molecule has 1 aliphatic heterocycles. The molecule has 0 radical (unpaired) electrons. The molecule has 1 heterocycles. The first-order valence-corrected chi connectivity index (χ1v) is 6.26. The average molecular weight is 199 g/mol. The molecule has 0 amide bonds. The molecule has 2 saturated carbocycles. The maximum atomic E-state index is 3.62. The Kier molecular flexibility index (Phi) is 1.52. The van der Waals surface area contributed by atoms with Crippen LogP contribution in [0.4, 0.5) is 5.69 Å². The van der Waals surface area contributed by atoms with Gasteiger partial charge >= 0.3 is 0 Å². The van der Waals surface area contributed by atoms with E-state index in [1.54, 1.807) is 5.56 Å². The first kappa shape index (κ1) is 8.20. The van der Waals surface area contributed by atoms with E-state index in [-0.39, 0.29) is 0 Å². The number of rotatable bonds is 0. The van der Waals surface area contributed by atoms with Gasteiger partial charge in [-0.15, -0.1) is 0 Å². The predicted molar refractivity (Wildman–Crippen MR) is 62.0 cm³/mol. The fourth-order valence-corrected chi connectivity index (χ4v) is 4.37. The highest BCUT2D eigenvalue weighted by atomic mass is 14.9. The zero-order valence-corrected chi connectivity index (χ0v) is 8.95. The van der Waals surface area contributed by atoms with Crippen LogP contribution in [-0.2, 0) is 0 Å². The lowest BCUT2D eigenvalue weighted by molar-refractivity contribution is 0.294. The Labute approximate surface area is 90.9 Å². The van der Waals surface area contributed by atoms with Crippen molar-refractivity contribution in [3.05, 3.63) is 29.8 Å². The number of anilines is 1. The molecule has 1 aromatic carbocycles. The van der Waals surface area contributed by atoms with E-state index in [0.29, 0.717) is 0 Å². The summed E-state index contributed by atoms with van der Waals surface area (Å²) >= 11 is 0. The average Bonchev–Trinajstić information content (AvgIpc) is 2.89. The van der Waals surface area contributed by atoms with Gasteiger partial charge in [-0.25, -0.2) is 0 Å². The molecular weight excluding hydrogens is 182 g/mol. The van der Waals surface area contributed by atoms with E-state index in [9.17, 15) is 0 Å². The van der Waals surface area contributed by atoms with Crippen LogP contribution in [0.1, 0.15) is 30.7 Å². The van der Waals surface area contributed by atoms with Crippen molar-refractivity contribution < 1.29 is 0 Å². The number of hydrogen-bond acceptors (Lipinski definition) is 1. The molecule has 4 rings (SSSR count). The number of fused-ring (bicyclic) bond motifs is 7. The van der Waals surface area contributed by atoms with Gasteiger partial charge in [0.2, 0.25) is 0 Å². The van der Waals surface area contributed by atoms with Gasteiger partial charge in [0.1, 0.15) is 0 Å². The van der Waals surface area contributed by atoms with E-state index >= 15 is 0 Å². The summed E-state index contributed by atoms with van der Waals surface area (Å²) in [5.41, 5.74) is 3.02. The standard InChI is InChI=1S/C14H17N/c1-2-4-13-11(3-1)14-10-6-5-9(7-10)12(14)8-15-13/h1-4,9-10,12,14-15H,5-8H2. The van der Waals surface area contributed by atoms with E-state index in [4.69, 9.17) is 0 Å². The molecule has 4 atom stereocenters. The highest BCUT2D eigenvalue weighted by Crippen LogP contribution is 2.59. The number of para-hydroxylation sites is 1. The van der Waals surface area contributed by atoms with E-state index < -0.39 is 0 Å². The van der Waals surface area contributed by atoms with Crippen molar-refractivity contribution in [2.75, 3.05) is 11.9 Å². The Morgan fingerprint density at radius 3 is 2.93 bits per heavy atom. The second-order valence-corrected chi connectivity index (χ2v) is 5.49. The Morgan fingerprint density at radius 1 is 1.07 bits per heavy atom. The Bertz CT molecular complexity index is 398. The van der Waals surface area contributed by atoms with E-state index in [1.807, 2.05) is 0 Å². The molecule has 3 aliphatic rings. The summed E-state index contributed by atoms with van der Waals surface area (Å²) in [6.07, 6.45) is 4.49. The fraction of sp³-hybridized carbons (Fsp3) is 0.571. The molecule has 15 heavy (non-hydrogen) atoms. The van der Waals surface area contributed by atoms with Crippen LogP contribution in [0.15, 0.2) is 24.3 Å². The topological polar surface area (TPSA) is 12.0 Å². The normalized spacial score (nSPS) is 40.8. The smallest absolute Gasteiger partial charge is 0.0375 e. The monoisotopic (exact) mass is 199 g/mol. The van der Waals surface area contributed by atoms with Crippen molar-refractivity contribution in [2.45, 2.75) is 25.2 Å². The SMILES string of the molecule is c1ccc2c(c1)NCC1C3CCC(C3)C21. The molecular formula is C14H17N. The van der Waals surface area contributed by atoms with Crippen LogP contribution in [0, 0.1) is 17.8 Å². The van der Waals surface area contributed by atoms with Gasteiger partial charge in [-0.2, -0.15) is 0 Å². The zero-order valence-electron chi connectivity index (χ0n) is 8.95. The van der Waals surface area contributed by atoms with Crippen LogP contribution in [0.2, 0.25) is 0 Å². The van der Waals surface area contributed by atoms with Gasteiger partial charge in [-0.1, -0.05) is 18.2 Å². The molecule has 1 aromatic rings. The third kappa shape index (κ3) is 0.987. The molecule has 1 N–H and O–H groups in total. The fourth-order valence-electron chi connectivity index (χ4n) is 4.37. The highest BCUT2D eigenvalue weighted by molar-refractivity contribution is 5.56. The van der Waals surface area contributed by atoms with Crippen LogP contribution in [-0.4, -0.2) is 6.54 Å². The minimum atomic E-state index is 0.890. The van der Waals surface area contributed by atoms with Gasteiger partial charge in [0.25, 0.3) is 0 Å². The van der Waals surface area contributed by atoms with Gasteiger partial charge in [0.15, 0.2) is 0 Å². The van der Waals surface area contributed by atoms with Gasteiger partial charge in [0, 0.05) is 12.2 Å². The Balaban J connectivity index is 1.83. The Hall–Kier alpha value is -0.980. The molecule has 0 aromatic heterocycles. The van der Waals surface area contributed by atoms with Crippen LogP contribution in [0.3, 0.4) is 0 Å². The predicted octanol–water partition coefficient (Wildman–Crippen LogP) is 3.24. The minimum Gasteiger partial charge on any atom is -0.385 e. The third-order valence-electron chi connectivity index (χ3n) is 4.94. The van der Waals surface area contributed by atoms with Crippen LogP contribution >= 0.6 is 0 Å². The summed E-state index contributed by atoms with van der Waals surface area (Å²) in [6.45, 7) is 1.23. The summed E-state index contributed by atoms with van der Waals surface area (Å²) in [5.74, 6) is 3.86. The highest BCUT2D eigenvalue weighted by Gasteiger charge is 2.49. The third-order valence-corrected chi connectivity index (χ3v) is 4.94. The van der Waals surface area contributed by atoms with Gasteiger partial charge in [-0.05, 0) is 54.6 Å². The van der Waals surface area contributed by atoms with E-state index in [0.717, 1.165) is 23.7 Å². The molecule has 78 valence electrons. The van der Waals surface area contributed by atoms with Crippen LogP contribution < -0.4 is 5.32 Å². The van der Waals surface area contributed by atoms with Crippen molar-refractivity contribution >= 4 is 5.69 Å². The molecule has 4 unspecified atom stereocenters. The van der Waals surface area contributed by atoms with Crippen molar-refractivity contribution in [3.63, 3.8) is 0 Å².